The van der Waals surface area contributed by atoms with Crippen molar-refractivity contribution in [2.45, 2.75) is 32.4 Å². The number of ether oxygens (including phenoxy) is 2. The number of hydrogen-bond acceptors (Lipinski definition) is 5. The molecule has 1 aromatic heterocycles. The zero-order valence-corrected chi connectivity index (χ0v) is 17.2. The fraction of sp³-hybridized carbons (Fsp3) is 0.375. The fourth-order valence-electron chi connectivity index (χ4n) is 4.02. The van der Waals surface area contributed by atoms with Crippen LogP contribution < -0.4 is 14.8 Å². The first-order valence-corrected chi connectivity index (χ1v) is 10.4. The first kappa shape index (κ1) is 19.5. The SMILES string of the molecule is CCOc1cc(CN2CCC(Nc3ccnc4ccccc34)CC2)ccc1OC. The van der Waals surface area contributed by atoms with Crippen molar-refractivity contribution in [2.75, 3.05) is 32.1 Å². The summed E-state index contributed by atoms with van der Waals surface area (Å²) in [6, 6.07) is 17.1. The lowest BCUT2D eigenvalue weighted by Crippen LogP contribution is -2.38. The maximum atomic E-state index is 5.72. The van der Waals surface area contributed by atoms with Crippen LogP contribution >= 0.6 is 0 Å². The van der Waals surface area contributed by atoms with Crippen molar-refractivity contribution in [1.82, 2.24) is 9.88 Å². The fourth-order valence-corrected chi connectivity index (χ4v) is 4.02. The van der Waals surface area contributed by atoms with E-state index in [1.54, 1.807) is 7.11 Å². The van der Waals surface area contributed by atoms with Gasteiger partial charge >= 0.3 is 0 Å². The molecule has 1 aliphatic heterocycles. The van der Waals surface area contributed by atoms with Crippen molar-refractivity contribution >= 4 is 16.6 Å². The van der Waals surface area contributed by atoms with Gasteiger partial charge in [0.15, 0.2) is 11.5 Å². The van der Waals surface area contributed by atoms with E-state index in [0.29, 0.717) is 12.6 Å². The van der Waals surface area contributed by atoms with Crippen molar-refractivity contribution in [1.29, 1.82) is 0 Å². The largest absolute Gasteiger partial charge is 0.493 e. The summed E-state index contributed by atoms with van der Waals surface area (Å²) >= 11 is 0. The van der Waals surface area contributed by atoms with Gasteiger partial charge in [0.05, 0.1) is 19.2 Å². The molecular weight excluding hydrogens is 362 g/mol. The Morgan fingerprint density at radius 2 is 1.90 bits per heavy atom. The molecule has 0 unspecified atom stereocenters. The minimum absolute atomic E-state index is 0.493. The van der Waals surface area contributed by atoms with Gasteiger partial charge in [-0.25, -0.2) is 0 Å². The van der Waals surface area contributed by atoms with Gasteiger partial charge in [0.2, 0.25) is 0 Å². The lowest BCUT2D eigenvalue weighted by Gasteiger charge is -2.33. The van der Waals surface area contributed by atoms with Crippen LogP contribution in [0.3, 0.4) is 0 Å². The Morgan fingerprint density at radius 3 is 2.69 bits per heavy atom. The van der Waals surface area contributed by atoms with Crippen LogP contribution in [0.25, 0.3) is 10.9 Å². The second-order valence-electron chi connectivity index (χ2n) is 7.49. The number of para-hydroxylation sites is 1. The molecule has 0 radical (unpaired) electrons. The molecule has 0 aliphatic carbocycles. The van der Waals surface area contributed by atoms with E-state index < -0.39 is 0 Å². The quantitative estimate of drug-likeness (QED) is 0.631. The molecule has 2 heterocycles. The Morgan fingerprint density at radius 1 is 1.07 bits per heavy atom. The van der Waals surface area contributed by atoms with E-state index >= 15 is 0 Å². The zero-order valence-electron chi connectivity index (χ0n) is 17.2. The Kier molecular flexibility index (Phi) is 6.15. The number of benzene rings is 2. The van der Waals surface area contributed by atoms with Crippen LogP contribution in [0.5, 0.6) is 11.5 Å². The van der Waals surface area contributed by atoms with Crippen molar-refractivity contribution in [3.05, 3.63) is 60.3 Å². The molecule has 0 spiro atoms. The van der Waals surface area contributed by atoms with Crippen LogP contribution in [0.2, 0.25) is 0 Å². The minimum atomic E-state index is 0.493. The van der Waals surface area contributed by atoms with Gasteiger partial charge in [0, 0.05) is 42.9 Å². The lowest BCUT2D eigenvalue weighted by molar-refractivity contribution is 0.211. The van der Waals surface area contributed by atoms with Gasteiger partial charge in [-0.3, -0.25) is 9.88 Å². The number of fused-ring (bicyclic) bond motifs is 1. The molecule has 1 N–H and O–H groups in total. The number of rotatable bonds is 7. The standard InChI is InChI=1S/C24H29N3O2/c1-3-29-24-16-18(8-9-23(24)28-2)17-27-14-11-19(12-15-27)26-22-10-13-25-21-7-5-4-6-20(21)22/h4-10,13,16,19H,3,11-12,14-15,17H2,1-2H3,(H,25,26). The van der Waals surface area contributed by atoms with Crippen LogP contribution in [0.1, 0.15) is 25.3 Å². The van der Waals surface area contributed by atoms with Gasteiger partial charge in [-0.05, 0) is 49.6 Å². The molecule has 0 amide bonds. The summed E-state index contributed by atoms with van der Waals surface area (Å²) in [6.45, 7) is 5.73. The number of nitrogens with zero attached hydrogens (tertiary/aromatic N) is 2. The molecule has 3 aromatic rings. The first-order valence-electron chi connectivity index (χ1n) is 10.4. The topological polar surface area (TPSA) is 46.6 Å². The number of pyridine rings is 1. The third-order valence-corrected chi connectivity index (χ3v) is 5.53. The molecule has 152 valence electrons. The number of hydrogen-bond donors (Lipinski definition) is 1. The van der Waals surface area contributed by atoms with E-state index in [4.69, 9.17) is 9.47 Å². The van der Waals surface area contributed by atoms with Gasteiger partial charge in [-0.2, -0.15) is 0 Å². The molecule has 5 heteroatoms. The molecule has 0 atom stereocenters. The van der Waals surface area contributed by atoms with Crippen molar-refractivity contribution < 1.29 is 9.47 Å². The highest BCUT2D eigenvalue weighted by atomic mass is 16.5. The number of methoxy groups -OCH3 is 1. The molecule has 5 nitrogen and oxygen atoms in total. The van der Waals surface area contributed by atoms with E-state index in [-0.39, 0.29) is 0 Å². The lowest BCUT2D eigenvalue weighted by atomic mass is 10.0. The molecule has 4 rings (SSSR count). The second-order valence-corrected chi connectivity index (χ2v) is 7.49. The third kappa shape index (κ3) is 4.62. The van der Waals surface area contributed by atoms with E-state index in [2.05, 4.69) is 51.6 Å². The molecule has 1 saturated heterocycles. The summed E-state index contributed by atoms with van der Waals surface area (Å²) in [4.78, 5) is 6.97. The number of likely N-dealkylation sites (tertiary alicyclic amines) is 1. The van der Waals surface area contributed by atoms with Gasteiger partial charge in [0.1, 0.15) is 0 Å². The van der Waals surface area contributed by atoms with Crippen LogP contribution in [0.15, 0.2) is 54.7 Å². The molecule has 2 aromatic carbocycles. The van der Waals surface area contributed by atoms with Crippen molar-refractivity contribution in [3.8, 4) is 11.5 Å². The first-order chi connectivity index (χ1) is 14.3. The normalized spacial score (nSPS) is 15.4. The molecule has 0 bridgehead atoms. The Hall–Kier alpha value is -2.79. The Balaban J connectivity index is 1.35. The van der Waals surface area contributed by atoms with E-state index in [1.165, 1.54) is 16.6 Å². The highest BCUT2D eigenvalue weighted by Gasteiger charge is 2.20. The minimum Gasteiger partial charge on any atom is -0.493 e. The van der Waals surface area contributed by atoms with Gasteiger partial charge in [0.25, 0.3) is 0 Å². The summed E-state index contributed by atoms with van der Waals surface area (Å²) in [6.07, 6.45) is 4.15. The third-order valence-electron chi connectivity index (χ3n) is 5.53. The summed E-state index contributed by atoms with van der Waals surface area (Å²) in [5.41, 5.74) is 3.49. The second kappa shape index (κ2) is 9.14. The van der Waals surface area contributed by atoms with Gasteiger partial charge in [-0.1, -0.05) is 24.3 Å². The number of aromatic nitrogens is 1. The average Bonchev–Trinajstić information content (AvgIpc) is 2.76. The van der Waals surface area contributed by atoms with Crippen LogP contribution in [-0.2, 0) is 6.54 Å². The highest BCUT2D eigenvalue weighted by Crippen LogP contribution is 2.29. The highest BCUT2D eigenvalue weighted by molar-refractivity contribution is 5.90. The smallest absolute Gasteiger partial charge is 0.161 e. The molecule has 1 aliphatic rings. The molecule has 0 saturated carbocycles. The van der Waals surface area contributed by atoms with E-state index in [9.17, 15) is 0 Å². The molecule has 1 fully saturated rings. The summed E-state index contributed by atoms with van der Waals surface area (Å²) < 4.78 is 11.1. The van der Waals surface area contributed by atoms with Crippen LogP contribution in [0.4, 0.5) is 5.69 Å². The Labute approximate surface area is 172 Å². The van der Waals surface area contributed by atoms with Gasteiger partial charge < -0.3 is 14.8 Å². The summed E-state index contributed by atoms with van der Waals surface area (Å²) in [5.74, 6) is 1.62. The van der Waals surface area contributed by atoms with E-state index in [1.807, 2.05) is 25.3 Å². The molecule has 29 heavy (non-hydrogen) atoms. The maximum absolute atomic E-state index is 5.72. The van der Waals surface area contributed by atoms with Gasteiger partial charge in [-0.15, -0.1) is 0 Å². The van der Waals surface area contributed by atoms with Crippen molar-refractivity contribution in [3.63, 3.8) is 0 Å². The predicted octanol–water partition coefficient (Wildman–Crippen LogP) is 4.72. The number of anilines is 1. The molecular formula is C24H29N3O2. The summed E-state index contributed by atoms with van der Waals surface area (Å²) in [7, 11) is 1.68. The average molecular weight is 392 g/mol. The zero-order chi connectivity index (χ0) is 20.1. The maximum Gasteiger partial charge on any atom is 0.161 e. The Bertz CT molecular complexity index is 947. The number of piperidine rings is 1. The summed E-state index contributed by atoms with van der Waals surface area (Å²) in [5, 5.41) is 4.94. The van der Waals surface area contributed by atoms with Crippen LogP contribution in [0, 0.1) is 0 Å². The van der Waals surface area contributed by atoms with Crippen molar-refractivity contribution in [2.24, 2.45) is 0 Å². The van der Waals surface area contributed by atoms with E-state index in [0.717, 1.165) is 49.5 Å². The monoisotopic (exact) mass is 391 g/mol. The number of nitrogens with one attached hydrogen (secondary N) is 1. The van der Waals surface area contributed by atoms with Crippen LogP contribution in [-0.4, -0.2) is 42.7 Å². The predicted molar refractivity (Wildman–Crippen MR) is 118 cm³/mol.